The third-order valence-electron chi connectivity index (χ3n) is 1.46. The zero-order chi connectivity index (χ0) is 8.69. The van der Waals surface area contributed by atoms with Crippen LogP contribution in [0.3, 0.4) is 0 Å². The van der Waals surface area contributed by atoms with Gasteiger partial charge in [0, 0.05) is 11.8 Å². The van der Waals surface area contributed by atoms with Crippen molar-refractivity contribution in [3.8, 4) is 0 Å². The first kappa shape index (κ1) is 10.8. The van der Waals surface area contributed by atoms with E-state index in [1.54, 1.807) is 11.8 Å². The maximum atomic E-state index is 10.6. The van der Waals surface area contributed by atoms with Crippen LogP contribution < -0.4 is 11.1 Å². The third kappa shape index (κ3) is 6.19. The topological polar surface area (TPSA) is 55.1 Å². The van der Waals surface area contributed by atoms with Gasteiger partial charge in [0.15, 0.2) is 0 Å². The molecule has 66 valence electrons. The minimum atomic E-state index is -0.0710. The first-order valence-electron chi connectivity index (χ1n) is 3.70. The molecule has 0 aromatic rings. The summed E-state index contributed by atoms with van der Waals surface area (Å²) in [6.45, 7) is 2.96. The molecule has 0 radical (unpaired) electrons. The van der Waals surface area contributed by atoms with Crippen LogP contribution in [0.5, 0.6) is 0 Å². The molecule has 0 spiro atoms. The van der Waals surface area contributed by atoms with Gasteiger partial charge in [0.2, 0.25) is 5.91 Å². The summed E-state index contributed by atoms with van der Waals surface area (Å²) in [6, 6.07) is 0. The molecule has 0 fully saturated rings. The Balaban J connectivity index is 3.20. The Kier molecular flexibility index (Phi) is 6.36. The van der Waals surface area contributed by atoms with Gasteiger partial charge in [0.05, 0.1) is 6.54 Å². The minimum absolute atomic E-state index is 0.0710. The smallest absolute Gasteiger partial charge is 0.233 e. The van der Waals surface area contributed by atoms with E-state index >= 15 is 0 Å². The number of carbonyl (C=O) groups is 1. The Morgan fingerprint density at radius 3 is 2.82 bits per heavy atom. The van der Waals surface area contributed by atoms with Gasteiger partial charge in [-0.3, -0.25) is 4.79 Å². The molecule has 3 N–H and O–H groups in total. The van der Waals surface area contributed by atoms with Gasteiger partial charge in [-0.25, -0.2) is 0 Å². The van der Waals surface area contributed by atoms with Crippen molar-refractivity contribution in [2.45, 2.75) is 18.6 Å². The van der Waals surface area contributed by atoms with Crippen molar-refractivity contribution in [1.29, 1.82) is 0 Å². The first-order valence-corrected chi connectivity index (χ1v) is 4.99. The van der Waals surface area contributed by atoms with Crippen LogP contribution in [-0.4, -0.2) is 30.5 Å². The predicted octanol–water partition coefficient (Wildman–Crippen LogP) is 0.203. The van der Waals surface area contributed by atoms with Crippen LogP contribution >= 0.6 is 11.8 Å². The first-order chi connectivity index (χ1) is 5.20. The molecule has 0 aromatic heterocycles. The van der Waals surface area contributed by atoms with Crippen molar-refractivity contribution in [3.63, 3.8) is 0 Å². The second kappa shape index (κ2) is 6.49. The van der Waals surface area contributed by atoms with Gasteiger partial charge in [-0.05, 0) is 12.7 Å². The number of nitrogens with one attached hydrogen (secondary N) is 1. The number of carbonyl (C=O) groups excluding carboxylic acids is 1. The zero-order valence-corrected chi connectivity index (χ0v) is 7.91. The van der Waals surface area contributed by atoms with Gasteiger partial charge >= 0.3 is 0 Å². The maximum Gasteiger partial charge on any atom is 0.233 e. The average molecular weight is 176 g/mol. The van der Waals surface area contributed by atoms with E-state index in [1.807, 2.05) is 0 Å². The lowest BCUT2D eigenvalue weighted by molar-refractivity contribution is -0.119. The fourth-order valence-corrected chi connectivity index (χ4v) is 0.958. The molecule has 0 saturated carbocycles. The van der Waals surface area contributed by atoms with E-state index in [-0.39, 0.29) is 12.5 Å². The molecular formula is C7H16N2OS. The average Bonchev–Trinajstić information content (AvgIpc) is 2.04. The Hall–Kier alpha value is -0.220. The summed E-state index contributed by atoms with van der Waals surface area (Å²) in [5, 5.41) is 3.32. The molecule has 0 aromatic carbocycles. The molecule has 0 rings (SSSR count). The Morgan fingerprint density at radius 1 is 1.73 bits per heavy atom. The van der Waals surface area contributed by atoms with E-state index < -0.39 is 0 Å². The summed E-state index contributed by atoms with van der Waals surface area (Å²) in [7, 11) is 0. The van der Waals surface area contributed by atoms with Crippen LogP contribution in [-0.2, 0) is 4.79 Å². The highest BCUT2D eigenvalue weighted by atomic mass is 32.2. The standard InChI is InChI=1S/C7H16N2OS/c1-6(11-2)3-4-9-7(10)5-8/h6H,3-5,8H2,1-2H3,(H,9,10). The summed E-state index contributed by atoms with van der Waals surface area (Å²) in [4.78, 5) is 10.6. The zero-order valence-electron chi connectivity index (χ0n) is 7.09. The number of hydrogen-bond acceptors (Lipinski definition) is 3. The fraction of sp³-hybridized carbons (Fsp3) is 0.857. The van der Waals surface area contributed by atoms with E-state index in [0.29, 0.717) is 5.25 Å². The molecule has 0 aliphatic heterocycles. The normalized spacial score (nSPS) is 12.6. The van der Waals surface area contributed by atoms with Crippen molar-refractivity contribution in [1.82, 2.24) is 5.32 Å². The van der Waals surface area contributed by atoms with E-state index in [4.69, 9.17) is 5.73 Å². The summed E-state index contributed by atoms with van der Waals surface area (Å²) < 4.78 is 0. The largest absolute Gasteiger partial charge is 0.355 e. The van der Waals surface area contributed by atoms with Crippen molar-refractivity contribution < 1.29 is 4.79 Å². The van der Waals surface area contributed by atoms with E-state index in [0.717, 1.165) is 13.0 Å². The van der Waals surface area contributed by atoms with Gasteiger partial charge in [0.1, 0.15) is 0 Å². The molecule has 0 aliphatic carbocycles. The highest BCUT2D eigenvalue weighted by molar-refractivity contribution is 7.99. The minimum Gasteiger partial charge on any atom is -0.355 e. The molecule has 1 atom stereocenters. The van der Waals surface area contributed by atoms with Crippen molar-refractivity contribution >= 4 is 17.7 Å². The lowest BCUT2D eigenvalue weighted by atomic mass is 10.3. The van der Waals surface area contributed by atoms with E-state index in [1.165, 1.54) is 0 Å². The Bertz CT molecular complexity index is 119. The Labute approximate surface area is 72.1 Å². The number of rotatable bonds is 5. The predicted molar refractivity (Wildman–Crippen MR) is 49.7 cm³/mol. The van der Waals surface area contributed by atoms with Crippen LogP contribution in [0.25, 0.3) is 0 Å². The number of hydrogen-bond donors (Lipinski definition) is 2. The second-order valence-corrected chi connectivity index (χ2v) is 3.67. The maximum absolute atomic E-state index is 10.6. The van der Waals surface area contributed by atoms with Gasteiger partial charge < -0.3 is 11.1 Å². The van der Waals surface area contributed by atoms with Crippen LogP contribution in [0.2, 0.25) is 0 Å². The molecule has 1 unspecified atom stereocenters. The molecule has 0 heterocycles. The summed E-state index contributed by atoms with van der Waals surface area (Å²) in [6.07, 6.45) is 3.07. The molecule has 0 saturated heterocycles. The van der Waals surface area contributed by atoms with Gasteiger partial charge in [-0.15, -0.1) is 0 Å². The van der Waals surface area contributed by atoms with Crippen molar-refractivity contribution in [2.24, 2.45) is 5.73 Å². The van der Waals surface area contributed by atoms with E-state index in [9.17, 15) is 4.79 Å². The Morgan fingerprint density at radius 2 is 2.36 bits per heavy atom. The van der Waals surface area contributed by atoms with Crippen LogP contribution in [0.15, 0.2) is 0 Å². The van der Waals surface area contributed by atoms with E-state index in [2.05, 4.69) is 18.5 Å². The van der Waals surface area contributed by atoms with Crippen molar-refractivity contribution in [2.75, 3.05) is 19.3 Å². The molecular weight excluding hydrogens is 160 g/mol. The monoisotopic (exact) mass is 176 g/mol. The molecule has 3 nitrogen and oxygen atoms in total. The van der Waals surface area contributed by atoms with Gasteiger partial charge in [0.25, 0.3) is 0 Å². The highest BCUT2D eigenvalue weighted by Gasteiger charge is 2.00. The fourth-order valence-electron chi connectivity index (χ4n) is 0.605. The third-order valence-corrected chi connectivity index (χ3v) is 2.50. The molecule has 0 bridgehead atoms. The molecule has 0 aliphatic rings. The lowest BCUT2D eigenvalue weighted by Gasteiger charge is -2.07. The second-order valence-electron chi connectivity index (χ2n) is 2.39. The summed E-state index contributed by atoms with van der Waals surface area (Å²) in [5.74, 6) is -0.0710. The molecule has 1 amide bonds. The number of amides is 1. The summed E-state index contributed by atoms with van der Waals surface area (Å²) in [5.41, 5.74) is 5.10. The quantitative estimate of drug-likeness (QED) is 0.629. The number of nitrogens with two attached hydrogens (primary N) is 1. The lowest BCUT2D eigenvalue weighted by Crippen LogP contribution is -2.31. The molecule has 11 heavy (non-hydrogen) atoms. The SMILES string of the molecule is CSC(C)CCNC(=O)CN. The van der Waals surface area contributed by atoms with Gasteiger partial charge in [-0.1, -0.05) is 6.92 Å². The van der Waals surface area contributed by atoms with Crippen LogP contribution in [0.4, 0.5) is 0 Å². The molecule has 4 heteroatoms. The van der Waals surface area contributed by atoms with Crippen LogP contribution in [0.1, 0.15) is 13.3 Å². The van der Waals surface area contributed by atoms with Crippen molar-refractivity contribution in [3.05, 3.63) is 0 Å². The highest BCUT2D eigenvalue weighted by Crippen LogP contribution is 2.07. The van der Waals surface area contributed by atoms with Crippen LogP contribution in [0, 0.1) is 0 Å². The van der Waals surface area contributed by atoms with Gasteiger partial charge in [-0.2, -0.15) is 11.8 Å². The number of thioether (sulfide) groups is 1. The summed E-state index contributed by atoms with van der Waals surface area (Å²) >= 11 is 1.80.